The summed E-state index contributed by atoms with van der Waals surface area (Å²) >= 11 is 1.09. The number of ether oxygens (including phenoxy) is 4. The highest BCUT2D eigenvalue weighted by Crippen LogP contribution is 2.41. The zero-order valence-electron chi connectivity index (χ0n) is 35.5. The van der Waals surface area contributed by atoms with E-state index in [0.29, 0.717) is 5.56 Å². The Morgan fingerprint density at radius 2 is 0.591 bits per heavy atom. The summed E-state index contributed by atoms with van der Waals surface area (Å²) < 4.78 is 24.5. The molecule has 1 saturated heterocycles. The van der Waals surface area contributed by atoms with E-state index in [0.717, 1.165) is 56.3 Å². The molecule has 1 aliphatic rings. The standard InChI is InChI=1S/C57H42O8S/c58-53(46-29-21-42(22-30-46)38-13-5-1-6-14-38)62-37-50-51(63-54(59)47-31-23-43(24-32-47)39-15-7-2-8-16-39)52(64-55(60)48-33-25-44(26-34-48)40-17-9-3-10-18-40)57(66-50)65-56(61)49-35-27-45(28-36-49)41-19-11-4-12-20-41/h1-36,50-52,57H,37H2/t50-,51+,52?,57?/m1/s1. The predicted molar refractivity (Wildman–Crippen MR) is 257 cm³/mol. The van der Waals surface area contributed by atoms with E-state index in [-0.39, 0.29) is 23.3 Å². The molecule has 0 aromatic heterocycles. The maximum Gasteiger partial charge on any atom is 0.339 e. The molecule has 0 spiro atoms. The highest BCUT2D eigenvalue weighted by Gasteiger charge is 2.52. The minimum absolute atomic E-state index is 0.233. The quantitative estimate of drug-likeness (QED) is 0.0826. The van der Waals surface area contributed by atoms with Crippen LogP contribution in [-0.4, -0.2) is 53.4 Å². The van der Waals surface area contributed by atoms with E-state index < -0.39 is 46.8 Å². The Bertz CT molecular complexity index is 2910. The number of hydrogen-bond donors (Lipinski definition) is 0. The Kier molecular flexibility index (Phi) is 13.3. The molecule has 8 nitrogen and oxygen atoms in total. The van der Waals surface area contributed by atoms with Gasteiger partial charge in [-0.3, -0.25) is 0 Å². The Hall–Kier alpha value is -8.01. The second kappa shape index (κ2) is 20.2. The van der Waals surface area contributed by atoms with Gasteiger partial charge in [0.2, 0.25) is 0 Å². The first kappa shape index (κ1) is 43.3. The summed E-state index contributed by atoms with van der Waals surface area (Å²) in [6.07, 6.45) is -2.54. The van der Waals surface area contributed by atoms with Gasteiger partial charge in [0, 0.05) is 0 Å². The number of carbonyl (C=O) groups excluding carboxylic acids is 4. The van der Waals surface area contributed by atoms with Crippen molar-refractivity contribution in [3.63, 3.8) is 0 Å². The second-order valence-electron chi connectivity index (χ2n) is 15.6. The highest BCUT2D eigenvalue weighted by molar-refractivity contribution is 8.00. The van der Waals surface area contributed by atoms with E-state index in [1.54, 1.807) is 48.5 Å². The average molecular weight is 887 g/mol. The van der Waals surface area contributed by atoms with Crippen LogP contribution in [0, 0.1) is 0 Å². The normalized spacial score (nSPS) is 16.4. The Labute approximate surface area is 386 Å². The van der Waals surface area contributed by atoms with Crippen molar-refractivity contribution in [1.29, 1.82) is 0 Å². The van der Waals surface area contributed by atoms with Crippen LogP contribution < -0.4 is 0 Å². The number of benzene rings is 8. The Morgan fingerprint density at radius 1 is 0.318 bits per heavy atom. The molecule has 1 heterocycles. The van der Waals surface area contributed by atoms with E-state index in [4.69, 9.17) is 18.9 Å². The molecule has 9 heteroatoms. The average Bonchev–Trinajstić information content (AvgIpc) is 3.70. The molecule has 0 radical (unpaired) electrons. The maximum absolute atomic E-state index is 14.1. The van der Waals surface area contributed by atoms with Crippen LogP contribution in [0.1, 0.15) is 41.4 Å². The number of esters is 4. The summed E-state index contributed by atoms with van der Waals surface area (Å²) in [5.41, 5.74) is 7.45. The van der Waals surface area contributed by atoms with E-state index in [1.165, 1.54) is 0 Å². The summed E-state index contributed by atoms with van der Waals surface area (Å²) in [6, 6.07) is 67.0. The van der Waals surface area contributed by atoms with E-state index >= 15 is 0 Å². The van der Waals surface area contributed by atoms with Crippen LogP contribution in [0.5, 0.6) is 0 Å². The fourth-order valence-electron chi connectivity index (χ4n) is 7.70. The first-order valence-electron chi connectivity index (χ1n) is 21.4. The SMILES string of the molecule is O=C(OC[C@H]1SC(OC(=O)c2ccc(-c3ccccc3)cc2)C(OC(=O)c2ccc(-c3ccccc3)cc2)[C@H]1OC(=O)c1ccc(-c2ccccc2)cc1)c1ccc(-c2ccccc2)cc1. The van der Waals surface area contributed by atoms with Gasteiger partial charge in [-0.25, -0.2) is 19.2 Å². The smallest absolute Gasteiger partial charge is 0.339 e. The molecule has 1 fully saturated rings. The highest BCUT2D eigenvalue weighted by atomic mass is 32.2. The van der Waals surface area contributed by atoms with Gasteiger partial charge in [0.15, 0.2) is 17.6 Å². The zero-order valence-corrected chi connectivity index (χ0v) is 36.3. The van der Waals surface area contributed by atoms with Crippen LogP contribution in [-0.2, 0) is 18.9 Å². The number of carbonyl (C=O) groups is 4. The van der Waals surface area contributed by atoms with Crippen molar-refractivity contribution in [2.24, 2.45) is 0 Å². The largest absolute Gasteiger partial charge is 0.461 e. The van der Waals surface area contributed by atoms with Crippen LogP contribution in [0.3, 0.4) is 0 Å². The van der Waals surface area contributed by atoms with Crippen LogP contribution in [0.25, 0.3) is 44.5 Å². The Balaban J connectivity index is 1.00. The lowest BCUT2D eigenvalue weighted by molar-refractivity contribution is -0.0607. The molecule has 2 unspecified atom stereocenters. The van der Waals surface area contributed by atoms with Gasteiger partial charge in [-0.05, 0) is 93.0 Å². The molecule has 8 aromatic carbocycles. The third-order valence-corrected chi connectivity index (χ3v) is 12.7. The van der Waals surface area contributed by atoms with Crippen molar-refractivity contribution < 1.29 is 38.1 Å². The molecule has 9 rings (SSSR count). The second-order valence-corrected chi connectivity index (χ2v) is 16.9. The lowest BCUT2D eigenvalue weighted by Gasteiger charge is -2.25. The van der Waals surface area contributed by atoms with Gasteiger partial charge in [0.25, 0.3) is 0 Å². The van der Waals surface area contributed by atoms with Crippen molar-refractivity contribution in [2.45, 2.75) is 22.9 Å². The summed E-state index contributed by atoms with van der Waals surface area (Å²) in [5.74, 6) is -2.72. The molecule has 1 aliphatic heterocycles. The van der Waals surface area contributed by atoms with Crippen molar-refractivity contribution in [1.82, 2.24) is 0 Å². The van der Waals surface area contributed by atoms with Gasteiger partial charge in [0.1, 0.15) is 6.61 Å². The van der Waals surface area contributed by atoms with Crippen molar-refractivity contribution in [3.05, 3.63) is 241 Å². The molecule has 0 bridgehead atoms. The predicted octanol–water partition coefficient (Wildman–Crippen LogP) is 12.3. The van der Waals surface area contributed by atoms with Crippen molar-refractivity contribution >= 4 is 35.6 Å². The lowest BCUT2D eigenvalue weighted by Crippen LogP contribution is -2.42. The van der Waals surface area contributed by atoms with Gasteiger partial charge in [0.05, 0.1) is 27.5 Å². The van der Waals surface area contributed by atoms with Crippen LogP contribution >= 0.6 is 11.8 Å². The van der Waals surface area contributed by atoms with Gasteiger partial charge >= 0.3 is 23.9 Å². The molecule has 66 heavy (non-hydrogen) atoms. The first-order chi connectivity index (χ1) is 32.4. The molecule has 0 saturated carbocycles. The van der Waals surface area contributed by atoms with E-state index in [9.17, 15) is 19.2 Å². The monoisotopic (exact) mass is 886 g/mol. The third-order valence-electron chi connectivity index (χ3n) is 11.3. The number of hydrogen-bond acceptors (Lipinski definition) is 9. The number of rotatable bonds is 13. The van der Waals surface area contributed by atoms with E-state index in [2.05, 4.69) is 0 Å². The first-order valence-corrected chi connectivity index (χ1v) is 22.4. The van der Waals surface area contributed by atoms with Gasteiger partial charge in [-0.15, -0.1) is 11.8 Å². The molecule has 0 N–H and O–H groups in total. The summed E-state index contributed by atoms with van der Waals surface area (Å²) in [4.78, 5) is 55.7. The topological polar surface area (TPSA) is 105 Å². The summed E-state index contributed by atoms with van der Waals surface area (Å²) in [5, 5.41) is -0.832. The Morgan fingerprint density at radius 3 is 0.924 bits per heavy atom. The molecule has 8 aromatic rings. The van der Waals surface area contributed by atoms with Gasteiger partial charge in [-0.1, -0.05) is 170 Å². The van der Waals surface area contributed by atoms with Crippen LogP contribution in [0.2, 0.25) is 0 Å². The zero-order chi connectivity index (χ0) is 45.2. The fourth-order valence-corrected chi connectivity index (χ4v) is 9.07. The summed E-state index contributed by atoms with van der Waals surface area (Å²) in [7, 11) is 0. The van der Waals surface area contributed by atoms with Crippen molar-refractivity contribution in [3.8, 4) is 44.5 Å². The molecule has 0 aliphatic carbocycles. The van der Waals surface area contributed by atoms with E-state index in [1.807, 2.05) is 170 Å². The van der Waals surface area contributed by atoms with Crippen molar-refractivity contribution in [2.75, 3.05) is 6.61 Å². The van der Waals surface area contributed by atoms with Crippen LogP contribution in [0.4, 0.5) is 0 Å². The van der Waals surface area contributed by atoms with Gasteiger partial charge in [-0.2, -0.15) is 0 Å². The minimum atomic E-state index is -1.31. The molecule has 4 atom stereocenters. The summed E-state index contributed by atoms with van der Waals surface area (Å²) in [6.45, 7) is -0.269. The molecular weight excluding hydrogens is 845 g/mol. The third kappa shape index (κ3) is 10.2. The molecular formula is C57H42O8S. The van der Waals surface area contributed by atoms with Crippen LogP contribution in [0.15, 0.2) is 218 Å². The maximum atomic E-state index is 14.1. The minimum Gasteiger partial charge on any atom is -0.461 e. The number of thioether (sulfide) groups is 1. The molecule has 324 valence electrons. The van der Waals surface area contributed by atoms with Gasteiger partial charge < -0.3 is 18.9 Å². The fraction of sp³-hybridized carbons (Fsp3) is 0.0877. The molecule has 0 amide bonds. The lowest BCUT2D eigenvalue weighted by atomic mass is 10.0.